The molecule has 3 aliphatic rings. The van der Waals surface area contributed by atoms with E-state index in [-0.39, 0.29) is 23.3 Å². The Morgan fingerprint density at radius 1 is 1.15 bits per heavy atom. The lowest BCUT2D eigenvalue weighted by Gasteiger charge is -2.40. The quantitative estimate of drug-likeness (QED) is 0.588. The molecular weight excluding hydrogens is 535 g/mol. The third-order valence-electron chi connectivity index (χ3n) is 7.08. The first kappa shape index (κ1) is 29.5. The zero-order valence-electron chi connectivity index (χ0n) is 23.0. The lowest BCUT2D eigenvalue weighted by molar-refractivity contribution is -0.0915. The van der Waals surface area contributed by atoms with Crippen molar-refractivity contribution in [1.82, 2.24) is 20.2 Å². The molecule has 2 aromatic rings. The number of benzene rings is 1. The molecule has 9 nitrogen and oxygen atoms in total. The lowest BCUT2D eigenvalue weighted by atomic mass is 10.1. The minimum Gasteiger partial charge on any atom is -0.497 e. The maximum absolute atomic E-state index is 12.8. The second-order valence-corrected chi connectivity index (χ2v) is 9.84. The van der Waals surface area contributed by atoms with E-state index < -0.39 is 11.7 Å². The van der Waals surface area contributed by atoms with Crippen LogP contribution in [0.1, 0.15) is 35.7 Å². The Kier molecular flexibility index (Phi) is 9.17. The molecule has 1 unspecified atom stereocenters. The molecule has 0 radical (unpaired) electrons. The van der Waals surface area contributed by atoms with Gasteiger partial charge in [0, 0.05) is 50.5 Å². The average molecular weight is 568 g/mol. The van der Waals surface area contributed by atoms with Crippen LogP contribution < -0.4 is 15.1 Å². The standard InChI is InChI=1S/C19H20N4O2.C10H12F3N3/c1-14-13-22(18-7-6-15(11-20)12-21-18)8-9-23(14)19(24)16-4-3-5-17(10-16)25-2;1-7-9(10(11,12)13)8(6-14-15-7)16-4-2-3-5-16/h3-7,10,12,14H,8-9,13H2,1-2H3;6,15H,1-5H2. The summed E-state index contributed by atoms with van der Waals surface area (Å²) in [5, 5.41) is 12.5. The summed E-state index contributed by atoms with van der Waals surface area (Å²) in [5.41, 5.74) is 2.69. The van der Waals surface area contributed by atoms with Crippen molar-refractivity contribution < 1.29 is 22.7 Å². The van der Waals surface area contributed by atoms with Crippen molar-refractivity contribution in [2.75, 3.05) is 44.7 Å². The number of hydrogen-bond acceptors (Lipinski definition) is 8. The summed E-state index contributed by atoms with van der Waals surface area (Å²) < 4.78 is 43.7. The van der Waals surface area contributed by atoms with E-state index in [4.69, 9.17) is 10.00 Å². The number of likely N-dealkylation sites (tertiary alicyclic amines) is 1. The van der Waals surface area contributed by atoms with E-state index >= 15 is 0 Å². The van der Waals surface area contributed by atoms with Crippen LogP contribution in [0.3, 0.4) is 0 Å². The molecular formula is C29H32F3N7O2. The number of allylic oxidation sites excluding steroid dienone is 2. The summed E-state index contributed by atoms with van der Waals surface area (Å²) in [6, 6.07) is 13.0. The van der Waals surface area contributed by atoms with Crippen LogP contribution in [-0.2, 0) is 0 Å². The molecule has 1 aromatic carbocycles. The summed E-state index contributed by atoms with van der Waals surface area (Å²) >= 11 is 0. The van der Waals surface area contributed by atoms with Gasteiger partial charge in [-0.05, 0) is 50.1 Å². The van der Waals surface area contributed by atoms with Crippen LogP contribution in [0.4, 0.5) is 19.0 Å². The maximum Gasteiger partial charge on any atom is 0.420 e. The molecule has 0 spiro atoms. The third kappa shape index (κ3) is 6.98. The normalized spacial score (nSPS) is 18.9. The highest BCUT2D eigenvalue weighted by molar-refractivity contribution is 5.95. The molecule has 12 heteroatoms. The van der Waals surface area contributed by atoms with Crippen LogP contribution in [0, 0.1) is 11.3 Å². The number of hydrazone groups is 1. The van der Waals surface area contributed by atoms with Gasteiger partial charge in [0.05, 0.1) is 30.3 Å². The van der Waals surface area contributed by atoms with Gasteiger partial charge in [0.15, 0.2) is 0 Å². The molecule has 216 valence electrons. The van der Waals surface area contributed by atoms with E-state index in [1.165, 1.54) is 6.21 Å². The summed E-state index contributed by atoms with van der Waals surface area (Å²) in [5.74, 6) is 1.53. The summed E-state index contributed by atoms with van der Waals surface area (Å²) in [6.07, 6.45) is 0.246. The number of alkyl halides is 3. The number of methoxy groups -OCH3 is 1. The number of rotatable bonds is 4. The number of pyridine rings is 1. The number of nitrogens with zero attached hydrogens (tertiary/aromatic N) is 6. The van der Waals surface area contributed by atoms with Gasteiger partial charge in [-0.25, -0.2) is 4.98 Å². The molecule has 3 aliphatic heterocycles. The molecule has 1 atom stereocenters. The molecule has 1 amide bonds. The molecule has 0 bridgehead atoms. The number of piperazine rings is 1. The number of ether oxygens (including phenoxy) is 1. The highest BCUT2D eigenvalue weighted by Gasteiger charge is 2.40. The molecule has 1 aromatic heterocycles. The molecule has 2 saturated heterocycles. The zero-order chi connectivity index (χ0) is 29.6. The molecule has 2 fully saturated rings. The Labute approximate surface area is 237 Å². The first-order valence-corrected chi connectivity index (χ1v) is 13.2. The fourth-order valence-corrected chi connectivity index (χ4v) is 4.99. The number of nitriles is 1. The van der Waals surface area contributed by atoms with Crippen molar-refractivity contribution in [2.24, 2.45) is 5.10 Å². The molecule has 5 rings (SSSR count). The van der Waals surface area contributed by atoms with Gasteiger partial charge < -0.3 is 19.4 Å². The van der Waals surface area contributed by atoms with E-state index in [2.05, 4.69) is 33.1 Å². The second kappa shape index (κ2) is 12.8. The van der Waals surface area contributed by atoms with E-state index in [1.807, 2.05) is 36.1 Å². The third-order valence-corrected chi connectivity index (χ3v) is 7.08. The predicted octanol–water partition coefficient (Wildman–Crippen LogP) is 4.31. The van der Waals surface area contributed by atoms with E-state index in [1.54, 1.807) is 30.3 Å². The Balaban J connectivity index is 0.000000208. The minimum absolute atomic E-state index is 0.0128. The molecule has 41 heavy (non-hydrogen) atoms. The van der Waals surface area contributed by atoms with Crippen molar-refractivity contribution in [1.29, 1.82) is 5.26 Å². The van der Waals surface area contributed by atoms with Crippen LogP contribution in [0.5, 0.6) is 5.75 Å². The van der Waals surface area contributed by atoms with Crippen molar-refractivity contribution >= 4 is 17.9 Å². The van der Waals surface area contributed by atoms with Gasteiger partial charge in [-0.2, -0.15) is 23.5 Å². The van der Waals surface area contributed by atoms with Crippen LogP contribution in [0.25, 0.3) is 0 Å². The van der Waals surface area contributed by atoms with Gasteiger partial charge in [-0.15, -0.1) is 0 Å². The smallest absolute Gasteiger partial charge is 0.420 e. The first-order chi connectivity index (χ1) is 19.6. The van der Waals surface area contributed by atoms with Crippen molar-refractivity contribution in [3.8, 4) is 11.8 Å². The van der Waals surface area contributed by atoms with Gasteiger partial charge in [-0.1, -0.05) is 12.6 Å². The van der Waals surface area contributed by atoms with Gasteiger partial charge in [-0.3, -0.25) is 10.2 Å². The average Bonchev–Trinajstić information content (AvgIpc) is 3.52. The first-order valence-electron chi connectivity index (χ1n) is 13.2. The van der Waals surface area contributed by atoms with Gasteiger partial charge in [0.1, 0.15) is 23.2 Å². The molecule has 0 saturated carbocycles. The minimum atomic E-state index is -4.39. The SMILES string of the molecule is C=C1NN=CC(N2CCCC2)=C1C(F)(F)F.COc1cccc(C(=O)N2CCN(c3ccc(C#N)cn3)CC2C)c1. The monoisotopic (exact) mass is 567 g/mol. The van der Waals surface area contributed by atoms with Crippen molar-refractivity contribution in [3.63, 3.8) is 0 Å². The highest BCUT2D eigenvalue weighted by Crippen LogP contribution is 2.35. The molecule has 0 aliphatic carbocycles. The fourth-order valence-electron chi connectivity index (χ4n) is 4.99. The van der Waals surface area contributed by atoms with Crippen molar-refractivity contribution in [2.45, 2.75) is 32.0 Å². The van der Waals surface area contributed by atoms with Crippen LogP contribution in [-0.4, -0.2) is 79.0 Å². The molecule has 4 heterocycles. The number of carbonyl (C=O) groups excluding carboxylic acids is 1. The lowest BCUT2D eigenvalue weighted by Crippen LogP contribution is -2.54. The van der Waals surface area contributed by atoms with Crippen LogP contribution >= 0.6 is 0 Å². The number of nitrogens with one attached hydrogen (secondary N) is 1. The number of amides is 1. The summed E-state index contributed by atoms with van der Waals surface area (Å²) in [4.78, 5) is 22.9. The van der Waals surface area contributed by atoms with E-state index in [9.17, 15) is 18.0 Å². The van der Waals surface area contributed by atoms with Gasteiger partial charge in [0.25, 0.3) is 5.91 Å². The van der Waals surface area contributed by atoms with Gasteiger partial charge in [0.2, 0.25) is 0 Å². The Morgan fingerprint density at radius 2 is 1.90 bits per heavy atom. The predicted molar refractivity (Wildman–Crippen MR) is 149 cm³/mol. The number of aromatic nitrogens is 1. The number of carbonyl (C=O) groups is 1. The zero-order valence-corrected chi connectivity index (χ0v) is 23.0. The Morgan fingerprint density at radius 3 is 2.51 bits per heavy atom. The number of anilines is 1. The largest absolute Gasteiger partial charge is 0.497 e. The Hall–Kier alpha value is -4.53. The second-order valence-electron chi connectivity index (χ2n) is 9.84. The van der Waals surface area contributed by atoms with Gasteiger partial charge >= 0.3 is 6.18 Å². The number of halogens is 3. The van der Waals surface area contributed by atoms with E-state index in [0.29, 0.717) is 49.6 Å². The van der Waals surface area contributed by atoms with Crippen molar-refractivity contribution in [3.05, 3.63) is 77.3 Å². The van der Waals surface area contributed by atoms with Crippen LogP contribution in [0.2, 0.25) is 0 Å². The van der Waals surface area contributed by atoms with Crippen LogP contribution in [0.15, 0.2) is 71.2 Å². The summed E-state index contributed by atoms with van der Waals surface area (Å²) in [7, 11) is 1.59. The van der Waals surface area contributed by atoms with E-state index in [0.717, 1.165) is 18.7 Å². The number of hydrogen-bond donors (Lipinski definition) is 1. The molecule has 1 N–H and O–H groups in total. The Bertz CT molecular complexity index is 1360. The fraction of sp³-hybridized carbons (Fsp3) is 0.379. The highest BCUT2D eigenvalue weighted by atomic mass is 19.4. The topological polar surface area (TPSA) is 97.1 Å². The summed E-state index contributed by atoms with van der Waals surface area (Å²) in [6.45, 7) is 8.72. The maximum atomic E-state index is 12.8.